The Hall–Kier alpha value is -2.29. The molecule has 0 saturated heterocycles. The minimum Gasteiger partial charge on any atom is -0.493 e. The maximum absolute atomic E-state index is 5.47. The second-order valence-electron chi connectivity index (χ2n) is 5.58. The number of hydrogen-bond acceptors (Lipinski definition) is 4. The first-order valence-corrected chi connectivity index (χ1v) is 8.41. The van der Waals surface area contributed by atoms with Crippen molar-refractivity contribution < 1.29 is 9.47 Å². The van der Waals surface area contributed by atoms with Crippen molar-refractivity contribution in [3.63, 3.8) is 0 Å². The molecule has 0 bridgehead atoms. The van der Waals surface area contributed by atoms with Gasteiger partial charge in [-0.25, -0.2) is 0 Å². The van der Waals surface area contributed by atoms with E-state index in [2.05, 4.69) is 33.3 Å². The van der Waals surface area contributed by atoms with Crippen molar-refractivity contribution >= 4 is 29.9 Å². The van der Waals surface area contributed by atoms with Crippen LogP contribution in [0.4, 0.5) is 0 Å². The number of halogens is 1. The van der Waals surface area contributed by atoms with Crippen molar-refractivity contribution in [1.29, 1.82) is 0 Å². The largest absolute Gasteiger partial charge is 0.493 e. The van der Waals surface area contributed by atoms with Crippen molar-refractivity contribution in [3.8, 4) is 11.5 Å². The third kappa shape index (κ3) is 6.74. The Kier molecular flexibility index (Phi) is 10.2. The number of rotatable bonds is 8. The Bertz CT molecular complexity index is 751. The first-order valence-electron chi connectivity index (χ1n) is 8.41. The van der Waals surface area contributed by atoms with Crippen molar-refractivity contribution in [1.82, 2.24) is 15.6 Å². The summed E-state index contributed by atoms with van der Waals surface area (Å²) < 4.78 is 10.9. The maximum atomic E-state index is 5.47. The summed E-state index contributed by atoms with van der Waals surface area (Å²) in [5, 5.41) is 6.55. The predicted octanol–water partition coefficient (Wildman–Crippen LogP) is 3.31. The number of aromatic nitrogens is 1. The highest BCUT2D eigenvalue weighted by Gasteiger charge is 2.12. The molecule has 0 atom stereocenters. The zero-order chi connectivity index (χ0) is 18.8. The second kappa shape index (κ2) is 12.2. The highest BCUT2D eigenvalue weighted by molar-refractivity contribution is 14.0. The smallest absolute Gasteiger partial charge is 0.191 e. The number of aliphatic imine (C=N–C) groups is 1. The fourth-order valence-electron chi connectivity index (χ4n) is 2.60. The topological polar surface area (TPSA) is 67.8 Å². The van der Waals surface area contributed by atoms with Crippen LogP contribution < -0.4 is 20.1 Å². The van der Waals surface area contributed by atoms with E-state index in [4.69, 9.17) is 9.47 Å². The van der Waals surface area contributed by atoms with Crippen LogP contribution in [0.1, 0.15) is 16.8 Å². The summed E-state index contributed by atoms with van der Waals surface area (Å²) in [7, 11) is 5.03. The molecule has 0 aliphatic carbocycles. The van der Waals surface area contributed by atoms with E-state index in [1.54, 1.807) is 27.5 Å². The summed E-state index contributed by atoms with van der Waals surface area (Å²) in [5.41, 5.74) is 3.06. The molecule has 0 aliphatic heterocycles. The number of allylic oxidation sites excluding steroid dienone is 1. The Labute approximate surface area is 178 Å². The summed E-state index contributed by atoms with van der Waals surface area (Å²) in [6, 6.07) is 9.88. The van der Waals surface area contributed by atoms with Crippen LogP contribution in [0.5, 0.6) is 11.5 Å². The van der Waals surface area contributed by atoms with Crippen molar-refractivity contribution in [2.24, 2.45) is 4.99 Å². The third-order valence-corrected chi connectivity index (χ3v) is 3.83. The van der Waals surface area contributed by atoms with E-state index in [9.17, 15) is 0 Å². The van der Waals surface area contributed by atoms with E-state index in [0.717, 1.165) is 22.6 Å². The van der Waals surface area contributed by atoms with E-state index < -0.39 is 0 Å². The minimum atomic E-state index is 0. The summed E-state index contributed by atoms with van der Waals surface area (Å²) >= 11 is 0. The first-order chi connectivity index (χ1) is 12.7. The Balaban J connectivity index is 0.00000364. The first kappa shape index (κ1) is 22.8. The van der Waals surface area contributed by atoms with Crippen LogP contribution in [-0.2, 0) is 19.5 Å². The molecule has 0 amide bonds. The van der Waals surface area contributed by atoms with Gasteiger partial charge in [-0.3, -0.25) is 9.98 Å². The summed E-state index contributed by atoms with van der Waals surface area (Å²) in [6.07, 6.45) is 4.33. The van der Waals surface area contributed by atoms with E-state index in [0.29, 0.717) is 31.2 Å². The Morgan fingerprint density at radius 2 is 1.96 bits per heavy atom. The molecule has 1 heterocycles. The lowest BCUT2D eigenvalue weighted by molar-refractivity contribution is 0.352. The molecule has 2 rings (SSSR count). The molecule has 0 fully saturated rings. The number of methoxy groups -OCH3 is 2. The molecule has 0 radical (unpaired) electrons. The van der Waals surface area contributed by atoms with Crippen LogP contribution in [0.25, 0.3) is 0 Å². The predicted molar refractivity (Wildman–Crippen MR) is 120 cm³/mol. The molecule has 2 aromatic rings. The van der Waals surface area contributed by atoms with Gasteiger partial charge in [0, 0.05) is 25.4 Å². The van der Waals surface area contributed by atoms with Gasteiger partial charge in [-0.2, -0.15) is 0 Å². The van der Waals surface area contributed by atoms with Gasteiger partial charge in [0.1, 0.15) is 0 Å². The minimum absolute atomic E-state index is 0. The van der Waals surface area contributed by atoms with Gasteiger partial charge in [-0.15, -0.1) is 30.6 Å². The Morgan fingerprint density at radius 3 is 2.56 bits per heavy atom. The molecule has 1 aromatic carbocycles. The lowest BCUT2D eigenvalue weighted by Gasteiger charge is -2.16. The van der Waals surface area contributed by atoms with Gasteiger partial charge in [-0.1, -0.05) is 12.1 Å². The molecule has 0 spiro atoms. The third-order valence-electron chi connectivity index (χ3n) is 3.83. The quantitative estimate of drug-likeness (QED) is 0.262. The number of nitrogens with one attached hydrogen (secondary N) is 2. The highest BCUT2D eigenvalue weighted by Crippen LogP contribution is 2.33. The average molecular weight is 482 g/mol. The Morgan fingerprint density at radius 1 is 1.19 bits per heavy atom. The van der Waals surface area contributed by atoms with Crippen LogP contribution in [0.15, 0.2) is 54.2 Å². The zero-order valence-corrected chi connectivity index (χ0v) is 18.3. The fraction of sp³-hybridized carbons (Fsp3) is 0.300. The molecule has 146 valence electrons. The van der Waals surface area contributed by atoms with Crippen LogP contribution in [0, 0.1) is 0 Å². The fourth-order valence-corrected chi connectivity index (χ4v) is 2.60. The summed E-state index contributed by atoms with van der Waals surface area (Å²) in [6.45, 7) is 5.02. The number of ether oxygens (including phenoxy) is 2. The molecule has 0 unspecified atom stereocenters. The van der Waals surface area contributed by atoms with E-state index in [1.807, 2.05) is 30.3 Å². The van der Waals surface area contributed by atoms with E-state index in [-0.39, 0.29) is 24.0 Å². The highest BCUT2D eigenvalue weighted by atomic mass is 127. The molecule has 27 heavy (non-hydrogen) atoms. The molecule has 0 saturated carbocycles. The number of guanidine groups is 1. The van der Waals surface area contributed by atoms with Crippen molar-refractivity contribution in [2.75, 3.05) is 21.3 Å². The van der Waals surface area contributed by atoms with Gasteiger partial charge < -0.3 is 20.1 Å². The average Bonchev–Trinajstić information content (AvgIpc) is 2.68. The van der Waals surface area contributed by atoms with E-state index >= 15 is 0 Å². The van der Waals surface area contributed by atoms with Crippen LogP contribution in [0.2, 0.25) is 0 Å². The molecular weight excluding hydrogens is 455 g/mol. The van der Waals surface area contributed by atoms with Gasteiger partial charge in [0.15, 0.2) is 17.5 Å². The molecule has 7 heteroatoms. The monoisotopic (exact) mass is 482 g/mol. The van der Waals surface area contributed by atoms with Gasteiger partial charge >= 0.3 is 0 Å². The van der Waals surface area contributed by atoms with Crippen molar-refractivity contribution in [3.05, 3.63) is 66.0 Å². The van der Waals surface area contributed by atoms with Crippen LogP contribution in [0.3, 0.4) is 0 Å². The second-order valence-corrected chi connectivity index (χ2v) is 5.58. The summed E-state index contributed by atoms with van der Waals surface area (Å²) in [4.78, 5) is 8.54. The molecule has 6 nitrogen and oxygen atoms in total. The normalized spacial score (nSPS) is 10.6. The zero-order valence-electron chi connectivity index (χ0n) is 16.0. The molecule has 0 aliphatic rings. The number of nitrogens with zero attached hydrogens (tertiary/aromatic N) is 2. The maximum Gasteiger partial charge on any atom is 0.191 e. The lowest BCUT2D eigenvalue weighted by Crippen LogP contribution is -2.36. The van der Waals surface area contributed by atoms with E-state index in [1.165, 1.54) is 0 Å². The SMILES string of the molecule is C=CCc1cc(CNC(=NC)NCc2ccccn2)cc(OC)c1OC.I. The molecular formula is C20H27IN4O2. The number of hydrogen-bond donors (Lipinski definition) is 2. The number of pyridine rings is 1. The standard InChI is InChI=1S/C20H26N4O2.HI/c1-5-8-16-11-15(12-18(25-3)19(16)26-4)13-23-20(21-2)24-14-17-9-6-7-10-22-17;/h5-7,9-12H,1,8,13-14H2,2-4H3,(H2,21,23,24);1H. The lowest BCUT2D eigenvalue weighted by atomic mass is 10.1. The van der Waals surface area contributed by atoms with Crippen LogP contribution >= 0.6 is 24.0 Å². The summed E-state index contributed by atoms with van der Waals surface area (Å²) in [5.74, 6) is 2.16. The van der Waals surface area contributed by atoms with Gasteiger partial charge in [0.05, 0.1) is 26.5 Å². The van der Waals surface area contributed by atoms with Gasteiger partial charge in [-0.05, 0) is 36.2 Å². The number of benzene rings is 1. The van der Waals surface area contributed by atoms with Crippen LogP contribution in [-0.4, -0.2) is 32.2 Å². The molecule has 1 aromatic heterocycles. The van der Waals surface area contributed by atoms with Gasteiger partial charge in [0.25, 0.3) is 0 Å². The molecule has 2 N–H and O–H groups in total. The van der Waals surface area contributed by atoms with Crippen molar-refractivity contribution in [2.45, 2.75) is 19.5 Å². The van der Waals surface area contributed by atoms with Gasteiger partial charge in [0.2, 0.25) is 0 Å².